The highest BCUT2D eigenvalue weighted by Gasteiger charge is 2.25. The van der Waals surface area contributed by atoms with Gasteiger partial charge >= 0.3 is 0 Å². The smallest absolute Gasteiger partial charge is 0.222 e. The topological polar surface area (TPSA) is 38.3 Å². The molecule has 0 spiro atoms. The first-order valence-corrected chi connectivity index (χ1v) is 8.18. The van der Waals surface area contributed by atoms with E-state index in [1.807, 2.05) is 0 Å². The van der Waals surface area contributed by atoms with Gasteiger partial charge in [-0.25, -0.2) is 0 Å². The fraction of sp³-hybridized carbons (Fsp3) is 0.889. The summed E-state index contributed by atoms with van der Waals surface area (Å²) in [5.41, 5.74) is 0. The SMILES string of the molecule is CNC(=O)C1CCC(COSI)CC1. The van der Waals surface area contributed by atoms with Crippen LogP contribution in [0, 0.1) is 11.8 Å². The molecule has 0 aromatic rings. The number of rotatable bonds is 4. The summed E-state index contributed by atoms with van der Waals surface area (Å²) in [5.74, 6) is 1.09. The summed E-state index contributed by atoms with van der Waals surface area (Å²) < 4.78 is 5.30. The highest BCUT2D eigenvalue weighted by atomic mass is 127. The van der Waals surface area contributed by atoms with Crippen molar-refractivity contribution in [2.24, 2.45) is 11.8 Å². The zero-order valence-corrected chi connectivity index (χ0v) is 11.3. The van der Waals surface area contributed by atoms with Crippen LogP contribution in [0.2, 0.25) is 0 Å². The van der Waals surface area contributed by atoms with Crippen molar-refractivity contribution in [3.63, 3.8) is 0 Å². The first kappa shape index (κ1) is 12.6. The second kappa shape index (κ2) is 6.90. The van der Waals surface area contributed by atoms with Crippen LogP contribution in [0.25, 0.3) is 0 Å². The Hall–Kier alpha value is 0.510. The molecule has 82 valence electrons. The molecule has 0 saturated heterocycles. The molecule has 0 aliphatic heterocycles. The molecule has 1 N–H and O–H groups in total. The maximum absolute atomic E-state index is 11.3. The van der Waals surface area contributed by atoms with Gasteiger partial charge in [0.15, 0.2) is 0 Å². The third-order valence-electron chi connectivity index (χ3n) is 2.81. The molecule has 1 saturated carbocycles. The van der Waals surface area contributed by atoms with Crippen molar-refractivity contribution in [1.82, 2.24) is 5.32 Å². The minimum Gasteiger partial charge on any atom is -0.359 e. The zero-order chi connectivity index (χ0) is 10.4. The van der Waals surface area contributed by atoms with E-state index in [1.54, 1.807) is 7.05 Å². The third-order valence-corrected chi connectivity index (χ3v) is 3.80. The monoisotopic (exact) mass is 329 g/mol. The molecule has 0 heterocycles. The molecule has 1 aliphatic rings. The first-order valence-electron chi connectivity index (χ1n) is 4.89. The molecular weight excluding hydrogens is 313 g/mol. The molecule has 0 aromatic heterocycles. The van der Waals surface area contributed by atoms with E-state index < -0.39 is 0 Å². The van der Waals surface area contributed by atoms with Crippen LogP contribution in [-0.4, -0.2) is 19.6 Å². The zero-order valence-electron chi connectivity index (χ0n) is 8.29. The molecule has 1 fully saturated rings. The van der Waals surface area contributed by atoms with E-state index in [4.69, 9.17) is 4.18 Å². The Morgan fingerprint density at radius 1 is 1.50 bits per heavy atom. The van der Waals surface area contributed by atoms with Crippen LogP contribution in [0.1, 0.15) is 25.7 Å². The second-order valence-electron chi connectivity index (χ2n) is 3.68. The number of nitrogens with one attached hydrogen (secondary N) is 1. The molecule has 1 amide bonds. The van der Waals surface area contributed by atoms with Crippen LogP contribution < -0.4 is 5.32 Å². The predicted molar refractivity (Wildman–Crippen MR) is 67.1 cm³/mol. The lowest BCUT2D eigenvalue weighted by molar-refractivity contribution is -0.125. The van der Waals surface area contributed by atoms with E-state index in [0.29, 0.717) is 5.92 Å². The average molecular weight is 329 g/mol. The van der Waals surface area contributed by atoms with Crippen LogP contribution in [0.15, 0.2) is 0 Å². The van der Waals surface area contributed by atoms with Crippen molar-refractivity contribution >= 4 is 36.3 Å². The molecule has 14 heavy (non-hydrogen) atoms. The molecular formula is C9H16INO2S. The Labute approximate surface area is 102 Å². The lowest BCUT2D eigenvalue weighted by Crippen LogP contribution is -2.31. The molecule has 3 nitrogen and oxygen atoms in total. The van der Waals surface area contributed by atoms with Crippen molar-refractivity contribution in [1.29, 1.82) is 0 Å². The standard InChI is InChI=1S/C9H16INO2S/c1-11-9(12)8-4-2-7(3-5-8)6-13-14-10/h7-8H,2-6H2,1H3,(H,11,12). The Morgan fingerprint density at radius 3 is 2.64 bits per heavy atom. The van der Waals surface area contributed by atoms with E-state index in [0.717, 1.165) is 32.3 Å². The van der Waals surface area contributed by atoms with Crippen molar-refractivity contribution in [2.75, 3.05) is 13.7 Å². The Balaban J connectivity index is 2.20. The second-order valence-corrected chi connectivity index (χ2v) is 5.12. The van der Waals surface area contributed by atoms with Gasteiger partial charge < -0.3 is 9.50 Å². The van der Waals surface area contributed by atoms with Gasteiger partial charge in [-0.2, -0.15) is 0 Å². The van der Waals surface area contributed by atoms with Crippen molar-refractivity contribution < 1.29 is 8.98 Å². The van der Waals surface area contributed by atoms with Gasteiger partial charge in [-0.1, -0.05) is 0 Å². The summed E-state index contributed by atoms with van der Waals surface area (Å²) in [5, 5.41) is 2.72. The van der Waals surface area contributed by atoms with Crippen LogP contribution in [0.5, 0.6) is 0 Å². The van der Waals surface area contributed by atoms with Gasteiger partial charge in [0, 0.05) is 34.2 Å². The highest BCUT2D eigenvalue weighted by molar-refractivity contribution is 14.2. The van der Waals surface area contributed by atoms with Crippen molar-refractivity contribution in [3.8, 4) is 0 Å². The number of hydrogen-bond acceptors (Lipinski definition) is 3. The van der Waals surface area contributed by atoms with E-state index in [2.05, 4.69) is 26.5 Å². The molecule has 0 bridgehead atoms. The van der Waals surface area contributed by atoms with E-state index in [1.165, 1.54) is 9.21 Å². The summed E-state index contributed by atoms with van der Waals surface area (Å²) in [7, 11) is 3.11. The number of carbonyl (C=O) groups excluding carboxylic acids is 1. The molecule has 0 radical (unpaired) electrons. The fourth-order valence-corrected chi connectivity index (χ4v) is 2.60. The van der Waals surface area contributed by atoms with Crippen LogP contribution in [0.4, 0.5) is 0 Å². The van der Waals surface area contributed by atoms with Gasteiger partial charge in [0.2, 0.25) is 5.91 Å². The number of carbonyl (C=O) groups is 1. The highest BCUT2D eigenvalue weighted by Crippen LogP contribution is 2.30. The Bertz CT molecular complexity index is 184. The Kier molecular flexibility index (Phi) is 6.20. The van der Waals surface area contributed by atoms with Gasteiger partial charge in [-0.3, -0.25) is 4.79 Å². The Morgan fingerprint density at radius 2 is 2.14 bits per heavy atom. The number of halogens is 1. The summed E-state index contributed by atoms with van der Waals surface area (Å²) in [6.07, 6.45) is 4.27. The average Bonchev–Trinajstić information content (AvgIpc) is 2.26. The molecule has 0 atom stereocenters. The van der Waals surface area contributed by atoms with E-state index >= 15 is 0 Å². The van der Waals surface area contributed by atoms with Gasteiger partial charge in [0.25, 0.3) is 0 Å². The van der Waals surface area contributed by atoms with Gasteiger partial charge in [0.1, 0.15) is 0 Å². The van der Waals surface area contributed by atoms with Crippen LogP contribution >= 0.6 is 30.4 Å². The number of hydrogen-bond donors (Lipinski definition) is 1. The molecule has 0 aromatic carbocycles. The minimum absolute atomic E-state index is 0.202. The minimum atomic E-state index is 0.202. The third kappa shape index (κ3) is 3.94. The summed E-state index contributed by atoms with van der Waals surface area (Å²) in [6, 6.07) is 0. The maximum Gasteiger partial charge on any atom is 0.222 e. The number of amides is 1. The lowest BCUT2D eigenvalue weighted by Gasteiger charge is -2.26. The van der Waals surface area contributed by atoms with Crippen molar-refractivity contribution in [3.05, 3.63) is 0 Å². The fourth-order valence-electron chi connectivity index (χ4n) is 1.92. The summed E-state index contributed by atoms with van der Waals surface area (Å²) in [6.45, 7) is 0.827. The van der Waals surface area contributed by atoms with Gasteiger partial charge in [-0.15, -0.1) is 0 Å². The van der Waals surface area contributed by atoms with Crippen LogP contribution in [-0.2, 0) is 8.98 Å². The van der Waals surface area contributed by atoms with E-state index in [9.17, 15) is 4.79 Å². The summed E-state index contributed by atoms with van der Waals surface area (Å²) in [4.78, 5) is 11.3. The first-order chi connectivity index (χ1) is 6.77. The maximum atomic E-state index is 11.3. The summed E-state index contributed by atoms with van der Waals surface area (Å²) >= 11 is 2.13. The van der Waals surface area contributed by atoms with Gasteiger partial charge in [-0.05, 0) is 31.6 Å². The van der Waals surface area contributed by atoms with E-state index in [-0.39, 0.29) is 11.8 Å². The van der Waals surface area contributed by atoms with Crippen molar-refractivity contribution in [2.45, 2.75) is 25.7 Å². The molecule has 1 aliphatic carbocycles. The van der Waals surface area contributed by atoms with Crippen LogP contribution in [0.3, 0.4) is 0 Å². The lowest BCUT2D eigenvalue weighted by atomic mass is 9.82. The molecule has 5 heteroatoms. The normalized spacial score (nSPS) is 27.3. The predicted octanol–water partition coefficient (Wildman–Crippen LogP) is 2.55. The largest absolute Gasteiger partial charge is 0.359 e. The quantitative estimate of drug-likeness (QED) is 0.636. The molecule has 1 rings (SSSR count). The van der Waals surface area contributed by atoms with Gasteiger partial charge in [0.05, 0.1) is 15.8 Å². The molecule has 0 unspecified atom stereocenters.